The number of hydrogen-bond acceptors (Lipinski definition) is 3. The van der Waals surface area contributed by atoms with Gasteiger partial charge in [0.15, 0.2) is 0 Å². The van der Waals surface area contributed by atoms with Gasteiger partial charge in [0, 0.05) is 22.7 Å². The molecule has 0 radical (unpaired) electrons. The van der Waals surface area contributed by atoms with Gasteiger partial charge in [0.2, 0.25) is 5.78 Å². The van der Waals surface area contributed by atoms with E-state index in [0.29, 0.717) is 24.2 Å². The Balaban J connectivity index is 1.62. The van der Waals surface area contributed by atoms with E-state index >= 15 is 0 Å². The molecule has 2 aromatic heterocycles. The summed E-state index contributed by atoms with van der Waals surface area (Å²) < 4.78 is 2.91. The number of fused-ring (bicyclic) bond motifs is 1. The largest absolute Gasteiger partial charge is 0.481 e. The van der Waals surface area contributed by atoms with Crippen molar-refractivity contribution in [1.29, 1.82) is 0 Å². The summed E-state index contributed by atoms with van der Waals surface area (Å²) in [5.74, 6) is -1.42. The van der Waals surface area contributed by atoms with Crippen LogP contribution >= 0.6 is 27.3 Å². The molecule has 3 heterocycles. The van der Waals surface area contributed by atoms with Crippen molar-refractivity contribution in [3.8, 4) is 10.4 Å². The zero-order valence-corrected chi connectivity index (χ0v) is 15.5. The Hall–Kier alpha value is -2.18. The number of aromatic nitrogens is 1. The molecule has 3 aromatic rings. The minimum atomic E-state index is -0.831. The van der Waals surface area contributed by atoms with Crippen LogP contribution in [0.2, 0.25) is 0 Å². The standard InChI is InChI=1S/C19H14BrNO3S/c20-17-8-7-16(25-17)11-1-3-12(4-2-11)18(22)15-6-5-14-13(19(23)24)9-10-21(14)15/h1-8,13H,9-10H2,(H,23,24). The van der Waals surface area contributed by atoms with E-state index in [0.717, 1.165) is 19.9 Å². The predicted octanol–water partition coefficient (Wildman–Crippen LogP) is 4.78. The van der Waals surface area contributed by atoms with E-state index in [1.807, 2.05) is 41.0 Å². The van der Waals surface area contributed by atoms with Crippen molar-refractivity contribution in [3.63, 3.8) is 0 Å². The summed E-state index contributed by atoms with van der Waals surface area (Å²) >= 11 is 5.10. The van der Waals surface area contributed by atoms with Gasteiger partial charge in [0.1, 0.15) is 0 Å². The molecule has 0 amide bonds. The molecule has 0 saturated carbocycles. The zero-order valence-electron chi connectivity index (χ0n) is 13.1. The normalized spacial score (nSPS) is 16.0. The summed E-state index contributed by atoms with van der Waals surface area (Å²) in [6.45, 7) is 0.571. The zero-order chi connectivity index (χ0) is 17.6. The molecular formula is C19H14BrNO3S. The molecule has 1 aliphatic heterocycles. The van der Waals surface area contributed by atoms with Crippen LogP contribution in [0.5, 0.6) is 0 Å². The van der Waals surface area contributed by atoms with Gasteiger partial charge in [0.25, 0.3) is 0 Å². The second-order valence-corrected chi connectivity index (χ2v) is 8.45. The van der Waals surface area contributed by atoms with Crippen molar-refractivity contribution < 1.29 is 14.7 Å². The first-order chi connectivity index (χ1) is 12.0. The molecular weight excluding hydrogens is 402 g/mol. The summed E-state index contributed by atoms with van der Waals surface area (Å²) in [6, 6.07) is 15.1. The number of aliphatic carboxylic acids is 1. The summed E-state index contributed by atoms with van der Waals surface area (Å²) in [6.07, 6.45) is 0.540. The van der Waals surface area contributed by atoms with Crippen LogP contribution in [0.25, 0.3) is 10.4 Å². The Bertz CT molecular complexity index is 971. The monoisotopic (exact) mass is 415 g/mol. The molecule has 1 unspecified atom stereocenters. The fourth-order valence-corrected chi connectivity index (χ4v) is 4.69. The fraction of sp³-hybridized carbons (Fsp3) is 0.158. The number of carbonyl (C=O) groups is 2. The topological polar surface area (TPSA) is 59.3 Å². The van der Waals surface area contributed by atoms with Gasteiger partial charge in [-0.1, -0.05) is 24.3 Å². The van der Waals surface area contributed by atoms with E-state index in [2.05, 4.69) is 15.9 Å². The highest BCUT2D eigenvalue weighted by atomic mass is 79.9. The number of hydrogen-bond donors (Lipinski definition) is 1. The first kappa shape index (κ1) is 16.3. The number of halogens is 1. The minimum Gasteiger partial charge on any atom is -0.481 e. The smallest absolute Gasteiger partial charge is 0.312 e. The lowest BCUT2D eigenvalue weighted by atomic mass is 10.0. The second kappa shape index (κ2) is 6.28. The van der Waals surface area contributed by atoms with Crippen molar-refractivity contribution in [2.75, 3.05) is 0 Å². The summed E-state index contributed by atoms with van der Waals surface area (Å²) in [7, 11) is 0. The number of nitrogens with zero attached hydrogens (tertiary/aromatic N) is 1. The molecule has 126 valence electrons. The van der Waals surface area contributed by atoms with Gasteiger partial charge in [0.05, 0.1) is 15.4 Å². The minimum absolute atomic E-state index is 0.0730. The Labute approximate surface area is 156 Å². The number of carboxylic acids is 1. The average Bonchev–Trinajstić information content (AvgIpc) is 3.30. The molecule has 6 heteroatoms. The number of carboxylic acid groups (broad SMARTS) is 1. The SMILES string of the molecule is O=C(c1ccc(-c2ccc(Br)s2)cc1)c1ccc2n1CCC2C(=O)O. The van der Waals surface area contributed by atoms with Crippen LogP contribution in [0.4, 0.5) is 0 Å². The van der Waals surface area contributed by atoms with E-state index in [1.54, 1.807) is 23.5 Å². The predicted molar refractivity (Wildman–Crippen MR) is 100 cm³/mol. The van der Waals surface area contributed by atoms with Gasteiger partial charge < -0.3 is 9.67 Å². The van der Waals surface area contributed by atoms with Crippen molar-refractivity contribution in [2.24, 2.45) is 0 Å². The lowest BCUT2D eigenvalue weighted by Crippen LogP contribution is -2.10. The van der Waals surface area contributed by atoms with E-state index in [-0.39, 0.29) is 5.78 Å². The van der Waals surface area contributed by atoms with Gasteiger partial charge in [-0.3, -0.25) is 9.59 Å². The highest BCUT2D eigenvalue weighted by Crippen LogP contribution is 2.33. The first-order valence-corrected chi connectivity index (χ1v) is 9.48. The Morgan fingerprint density at radius 1 is 1.08 bits per heavy atom. The Morgan fingerprint density at radius 2 is 1.84 bits per heavy atom. The van der Waals surface area contributed by atoms with E-state index in [4.69, 9.17) is 0 Å². The van der Waals surface area contributed by atoms with Gasteiger partial charge in [-0.15, -0.1) is 11.3 Å². The number of carbonyl (C=O) groups excluding carboxylic acids is 1. The van der Waals surface area contributed by atoms with Crippen LogP contribution in [0, 0.1) is 0 Å². The number of ketones is 1. The molecule has 0 aliphatic carbocycles. The van der Waals surface area contributed by atoms with Crippen molar-refractivity contribution in [2.45, 2.75) is 18.9 Å². The highest BCUT2D eigenvalue weighted by Gasteiger charge is 2.31. The summed E-state index contributed by atoms with van der Waals surface area (Å²) in [5.41, 5.74) is 2.96. The lowest BCUT2D eigenvalue weighted by Gasteiger charge is -2.06. The third-order valence-corrected chi connectivity index (χ3v) is 6.22. The van der Waals surface area contributed by atoms with Gasteiger partial charge >= 0.3 is 5.97 Å². The van der Waals surface area contributed by atoms with Crippen LogP contribution in [-0.4, -0.2) is 21.4 Å². The van der Waals surface area contributed by atoms with Crippen LogP contribution in [0.3, 0.4) is 0 Å². The maximum Gasteiger partial charge on any atom is 0.312 e. The molecule has 0 fully saturated rings. The average molecular weight is 416 g/mol. The molecule has 1 aromatic carbocycles. The maximum absolute atomic E-state index is 12.8. The third-order valence-electron chi connectivity index (χ3n) is 4.55. The van der Waals surface area contributed by atoms with Crippen molar-refractivity contribution >= 4 is 39.0 Å². The van der Waals surface area contributed by atoms with E-state index < -0.39 is 11.9 Å². The molecule has 4 nitrogen and oxygen atoms in total. The molecule has 0 saturated heterocycles. The van der Waals surface area contributed by atoms with Crippen LogP contribution in [-0.2, 0) is 11.3 Å². The lowest BCUT2D eigenvalue weighted by molar-refractivity contribution is -0.138. The maximum atomic E-state index is 12.8. The third kappa shape index (κ3) is 2.85. The fourth-order valence-electron chi connectivity index (χ4n) is 3.29. The molecule has 1 N–H and O–H groups in total. The Kier molecular flexibility index (Phi) is 4.09. The highest BCUT2D eigenvalue weighted by molar-refractivity contribution is 9.11. The first-order valence-electron chi connectivity index (χ1n) is 7.87. The molecule has 0 bridgehead atoms. The van der Waals surface area contributed by atoms with Crippen molar-refractivity contribution in [3.05, 3.63) is 69.3 Å². The van der Waals surface area contributed by atoms with Crippen LogP contribution in [0.1, 0.15) is 34.1 Å². The molecule has 25 heavy (non-hydrogen) atoms. The van der Waals surface area contributed by atoms with E-state index in [9.17, 15) is 14.7 Å². The number of benzene rings is 1. The summed E-state index contributed by atoms with van der Waals surface area (Å²) in [5, 5.41) is 9.26. The quantitative estimate of drug-likeness (QED) is 0.623. The van der Waals surface area contributed by atoms with Gasteiger partial charge in [-0.05, 0) is 52.2 Å². The molecule has 4 rings (SSSR count). The second-order valence-electron chi connectivity index (χ2n) is 5.98. The van der Waals surface area contributed by atoms with Crippen LogP contribution in [0.15, 0.2) is 52.3 Å². The van der Waals surface area contributed by atoms with Gasteiger partial charge in [-0.2, -0.15) is 0 Å². The van der Waals surface area contributed by atoms with E-state index in [1.165, 1.54) is 0 Å². The molecule has 0 spiro atoms. The Morgan fingerprint density at radius 3 is 2.48 bits per heavy atom. The van der Waals surface area contributed by atoms with Gasteiger partial charge in [-0.25, -0.2) is 0 Å². The van der Waals surface area contributed by atoms with Crippen molar-refractivity contribution in [1.82, 2.24) is 4.57 Å². The molecule has 1 atom stereocenters. The number of thiophene rings is 1. The summed E-state index contributed by atoms with van der Waals surface area (Å²) in [4.78, 5) is 25.2. The molecule has 1 aliphatic rings. The van der Waals surface area contributed by atoms with Crippen LogP contribution < -0.4 is 0 Å². The number of rotatable bonds is 4.